The Morgan fingerprint density at radius 1 is 1.09 bits per heavy atom. The summed E-state index contributed by atoms with van der Waals surface area (Å²) < 4.78 is 17.5. The highest BCUT2D eigenvalue weighted by atomic mass is 79.9. The van der Waals surface area contributed by atoms with Crippen molar-refractivity contribution in [1.29, 1.82) is 5.26 Å². The Morgan fingerprint density at radius 3 is 2.43 bits per heavy atom. The van der Waals surface area contributed by atoms with E-state index in [9.17, 15) is 0 Å². The van der Waals surface area contributed by atoms with Crippen molar-refractivity contribution < 1.29 is 14.2 Å². The molecule has 0 saturated carbocycles. The lowest BCUT2D eigenvalue weighted by molar-refractivity contribution is 0.207. The smallest absolute Gasteiger partial charge is 0.175 e. The second-order valence-electron chi connectivity index (χ2n) is 4.48. The minimum absolute atomic E-state index is 0.340. The van der Waals surface area contributed by atoms with E-state index in [1.807, 2.05) is 6.92 Å². The van der Waals surface area contributed by atoms with Crippen LogP contribution in [0.3, 0.4) is 0 Å². The van der Waals surface area contributed by atoms with Crippen molar-refractivity contribution in [3.05, 3.63) is 51.5 Å². The van der Waals surface area contributed by atoms with Gasteiger partial charge in [-0.05, 0) is 53.2 Å². The number of hydrogen-bond donors (Lipinski definition) is 0. The number of hydrogen-bond acceptors (Lipinski definition) is 4. The Hall–Kier alpha value is -1.90. The van der Waals surface area contributed by atoms with Crippen molar-refractivity contribution in [1.82, 2.24) is 0 Å². The predicted molar refractivity (Wildman–Crippen MR) is 92.5 cm³/mol. The lowest BCUT2D eigenvalue weighted by Crippen LogP contribution is -2.10. The average molecular weight is 397 g/mol. The van der Waals surface area contributed by atoms with Gasteiger partial charge in [0.2, 0.25) is 0 Å². The maximum Gasteiger partial charge on any atom is 0.175 e. The van der Waals surface area contributed by atoms with Crippen LogP contribution in [0, 0.1) is 11.3 Å². The molecular weight excluding hydrogens is 382 g/mol. The number of halogens is 2. The fourth-order valence-corrected chi connectivity index (χ4v) is 2.55. The standard InChI is InChI=1S/C17H15BrClNO3/c1-2-21-16-10-12(11-20)9-15(18)17(16)23-8-7-22-14-5-3-13(19)4-6-14/h3-6,9-10H,2,7-8H2,1H3. The molecule has 0 heterocycles. The Kier molecular flexibility index (Phi) is 6.57. The highest BCUT2D eigenvalue weighted by molar-refractivity contribution is 9.10. The van der Waals surface area contributed by atoms with Gasteiger partial charge in [-0.25, -0.2) is 0 Å². The molecule has 6 heteroatoms. The number of rotatable bonds is 7. The second-order valence-corrected chi connectivity index (χ2v) is 5.77. The molecule has 0 saturated heterocycles. The van der Waals surface area contributed by atoms with Gasteiger partial charge in [-0.2, -0.15) is 5.26 Å². The Balaban J connectivity index is 1.97. The van der Waals surface area contributed by atoms with Crippen LogP contribution >= 0.6 is 27.5 Å². The molecule has 0 N–H and O–H groups in total. The minimum Gasteiger partial charge on any atom is -0.490 e. The van der Waals surface area contributed by atoms with Gasteiger partial charge in [0.25, 0.3) is 0 Å². The van der Waals surface area contributed by atoms with E-state index < -0.39 is 0 Å². The van der Waals surface area contributed by atoms with Gasteiger partial charge >= 0.3 is 0 Å². The van der Waals surface area contributed by atoms with Crippen LogP contribution in [0.25, 0.3) is 0 Å². The van der Waals surface area contributed by atoms with Crippen molar-refractivity contribution in [3.8, 4) is 23.3 Å². The zero-order valence-corrected chi connectivity index (χ0v) is 14.9. The van der Waals surface area contributed by atoms with Crippen LogP contribution < -0.4 is 14.2 Å². The molecule has 0 unspecified atom stereocenters. The van der Waals surface area contributed by atoms with Gasteiger partial charge in [0, 0.05) is 11.1 Å². The first-order valence-corrected chi connectivity index (χ1v) is 8.18. The highest BCUT2D eigenvalue weighted by Gasteiger charge is 2.12. The molecule has 2 aromatic carbocycles. The molecule has 0 aliphatic carbocycles. The zero-order chi connectivity index (χ0) is 16.7. The molecule has 0 atom stereocenters. The van der Waals surface area contributed by atoms with Gasteiger partial charge in [0.1, 0.15) is 19.0 Å². The Bertz CT molecular complexity index is 698. The van der Waals surface area contributed by atoms with E-state index >= 15 is 0 Å². The molecule has 0 aliphatic heterocycles. The average Bonchev–Trinajstić information content (AvgIpc) is 2.55. The van der Waals surface area contributed by atoms with Crippen LogP contribution in [-0.4, -0.2) is 19.8 Å². The van der Waals surface area contributed by atoms with Crippen molar-refractivity contribution in [2.24, 2.45) is 0 Å². The maximum atomic E-state index is 9.01. The lowest BCUT2D eigenvalue weighted by atomic mass is 10.2. The van der Waals surface area contributed by atoms with E-state index in [2.05, 4.69) is 22.0 Å². The fourth-order valence-electron chi connectivity index (χ4n) is 1.87. The first-order chi connectivity index (χ1) is 11.1. The van der Waals surface area contributed by atoms with Crippen LogP contribution in [-0.2, 0) is 0 Å². The molecule has 2 aromatic rings. The molecule has 0 aromatic heterocycles. The quantitative estimate of drug-likeness (QED) is 0.629. The second kappa shape index (κ2) is 8.66. The number of nitriles is 1. The minimum atomic E-state index is 0.340. The van der Waals surface area contributed by atoms with E-state index in [1.54, 1.807) is 36.4 Å². The van der Waals surface area contributed by atoms with Crippen LogP contribution in [0.2, 0.25) is 5.02 Å². The molecule has 0 radical (unpaired) electrons. The van der Waals surface area contributed by atoms with Crippen molar-refractivity contribution in [2.75, 3.05) is 19.8 Å². The molecule has 0 spiro atoms. The van der Waals surface area contributed by atoms with Gasteiger partial charge < -0.3 is 14.2 Å². The highest BCUT2D eigenvalue weighted by Crippen LogP contribution is 2.36. The predicted octanol–water partition coefficient (Wildman–Crippen LogP) is 4.83. The lowest BCUT2D eigenvalue weighted by Gasteiger charge is -2.14. The van der Waals surface area contributed by atoms with Crippen LogP contribution in [0.5, 0.6) is 17.2 Å². The number of ether oxygens (including phenoxy) is 3. The van der Waals surface area contributed by atoms with E-state index in [0.29, 0.717) is 46.4 Å². The summed E-state index contributed by atoms with van der Waals surface area (Å²) in [6.45, 7) is 3.08. The summed E-state index contributed by atoms with van der Waals surface area (Å²) in [5.41, 5.74) is 0.505. The van der Waals surface area contributed by atoms with Crippen LogP contribution in [0.15, 0.2) is 40.9 Å². The summed E-state index contributed by atoms with van der Waals surface area (Å²) in [5, 5.41) is 9.67. The molecule has 0 bridgehead atoms. The zero-order valence-electron chi connectivity index (χ0n) is 12.5. The third-order valence-electron chi connectivity index (χ3n) is 2.85. The van der Waals surface area contributed by atoms with E-state index in [4.69, 9.17) is 31.1 Å². The fraction of sp³-hybridized carbons (Fsp3) is 0.235. The Morgan fingerprint density at radius 2 is 1.78 bits per heavy atom. The normalized spacial score (nSPS) is 10.0. The van der Waals surface area contributed by atoms with E-state index in [1.165, 1.54) is 0 Å². The van der Waals surface area contributed by atoms with Crippen molar-refractivity contribution in [2.45, 2.75) is 6.92 Å². The first-order valence-electron chi connectivity index (χ1n) is 7.01. The summed E-state index contributed by atoms with van der Waals surface area (Å²) in [4.78, 5) is 0. The maximum absolute atomic E-state index is 9.01. The Labute approximate surface area is 148 Å². The molecule has 2 rings (SSSR count). The molecular formula is C17H15BrClNO3. The van der Waals surface area contributed by atoms with Gasteiger partial charge in [0.05, 0.1) is 22.7 Å². The number of benzene rings is 2. The molecule has 0 amide bonds. The third-order valence-corrected chi connectivity index (χ3v) is 3.69. The molecule has 0 fully saturated rings. The topological polar surface area (TPSA) is 51.5 Å². The van der Waals surface area contributed by atoms with E-state index in [-0.39, 0.29) is 0 Å². The summed E-state index contributed by atoms with van der Waals surface area (Å²) in [6, 6.07) is 12.6. The summed E-state index contributed by atoms with van der Waals surface area (Å²) in [5.74, 6) is 1.82. The largest absolute Gasteiger partial charge is 0.490 e. The van der Waals surface area contributed by atoms with Gasteiger partial charge in [0.15, 0.2) is 11.5 Å². The summed E-state index contributed by atoms with van der Waals surface area (Å²) in [6.07, 6.45) is 0. The SMILES string of the molecule is CCOc1cc(C#N)cc(Br)c1OCCOc1ccc(Cl)cc1. The van der Waals surface area contributed by atoms with Gasteiger partial charge in [-0.3, -0.25) is 0 Å². The van der Waals surface area contributed by atoms with Gasteiger partial charge in [-0.15, -0.1) is 0 Å². The first kappa shape index (κ1) is 17.5. The summed E-state index contributed by atoms with van der Waals surface area (Å²) >= 11 is 9.22. The van der Waals surface area contributed by atoms with E-state index in [0.717, 1.165) is 5.75 Å². The van der Waals surface area contributed by atoms with Gasteiger partial charge in [-0.1, -0.05) is 11.6 Å². The molecule has 4 nitrogen and oxygen atoms in total. The monoisotopic (exact) mass is 395 g/mol. The third kappa shape index (κ3) is 5.05. The van der Waals surface area contributed by atoms with Crippen LogP contribution in [0.4, 0.5) is 0 Å². The van der Waals surface area contributed by atoms with Crippen LogP contribution in [0.1, 0.15) is 12.5 Å². The molecule has 120 valence electrons. The molecule has 0 aliphatic rings. The van der Waals surface area contributed by atoms with Crippen molar-refractivity contribution in [3.63, 3.8) is 0 Å². The molecule has 23 heavy (non-hydrogen) atoms. The summed E-state index contributed by atoms with van der Waals surface area (Å²) in [7, 11) is 0. The number of nitrogens with zero attached hydrogens (tertiary/aromatic N) is 1. The van der Waals surface area contributed by atoms with Crippen molar-refractivity contribution >= 4 is 27.5 Å².